The lowest BCUT2D eigenvalue weighted by Crippen LogP contribution is -2.49. The van der Waals surface area contributed by atoms with Gasteiger partial charge in [-0.2, -0.15) is 0 Å². The van der Waals surface area contributed by atoms with Crippen molar-refractivity contribution in [3.8, 4) is 0 Å². The van der Waals surface area contributed by atoms with Crippen molar-refractivity contribution in [2.24, 2.45) is 0 Å². The van der Waals surface area contributed by atoms with Gasteiger partial charge in [-0.3, -0.25) is 4.90 Å². The van der Waals surface area contributed by atoms with Crippen molar-refractivity contribution in [2.75, 3.05) is 37.7 Å². The van der Waals surface area contributed by atoms with E-state index in [1.807, 2.05) is 17.0 Å². The topological polar surface area (TPSA) is 36.0 Å². The van der Waals surface area contributed by atoms with E-state index in [-0.39, 0.29) is 23.9 Å². The number of anilines is 2. The molecule has 3 heterocycles. The smallest absolute Gasteiger partial charge is 0.409 e. The van der Waals surface area contributed by atoms with Crippen molar-refractivity contribution >= 4 is 17.5 Å². The van der Waals surface area contributed by atoms with Gasteiger partial charge >= 0.3 is 6.09 Å². The van der Waals surface area contributed by atoms with Crippen LogP contribution in [0.4, 0.5) is 25.0 Å². The van der Waals surface area contributed by atoms with E-state index in [4.69, 9.17) is 4.74 Å². The number of hydrogen-bond acceptors (Lipinski definition) is 4. The van der Waals surface area contributed by atoms with Gasteiger partial charge in [0.25, 0.3) is 0 Å². The average Bonchev–Trinajstić information content (AvgIpc) is 3.32. The first-order chi connectivity index (χ1) is 15.1. The molecular formula is C24H27F2N3O2. The Balaban J connectivity index is 1.27. The number of unbranched alkanes of at least 4 members (excludes halogenated alkanes) is 1. The largest absolute Gasteiger partial charge is 0.448 e. The fourth-order valence-corrected chi connectivity index (χ4v) is 5.20. The van der Waals surface area contributed by atoms with Crippen LogP contribution in [0.3, 0.4) is 0 Å². The minimum atomic E-state index is -1.02. The number of carbonyl (C=O) groups is 1. The molecule has 1 amide bonds. The van der Waals surface area contributed by atoms with Crippen molar-refractivity contribution in [2.45, 2.75) is 37.5 Å². The monoisotopic (exact) mass is 427 g/mol. The number of fused-ring (bicyclic) bond motifs is 3. The molecule has 2 aromatic carbocycles. The Bertz CT molecular complexity index is 939. The van der Waals surface area contributed by atoms with Crippen molar-refractivity contribution in [1.82, 2.24) is 9.80 Å². The van der Waals surface area contributed by atoms with Gasteiger partial charge < -0.3 is 14.5 Å². The van der Waals surface area contributed by atoms with Crippen LogP contribution in [0.5, 0.6) is 0 Å². The fraction of sp³-hybridized carbons (Fsp3) is 0.458. The third-order valence-corrected chi connectivity index (χ3v) is 6.73. The first-order valence-corrected chi connectivity index (χ1v) is 11.1. The number of benzene rings is 2. The Labute approximate surface area is 181 Å². The van der Waals surface area contributed by atoms with E-state index in [0.717, 1.165) is 24.2 Å². The van der Waals surface area contributed by atoms with Gasteiger partial charge in [-0.1, -0.05) is 18.2 Å². The molecule has 0 aromatic heterocycles. The predicted octanol–water partition coefficient (Wildman–Crippen LogP) is 4.66. The first kappa shape index (κ1) is 20.2. The lowest BCUT2D eigenvalue weighted by Gasteiger charge is -2.41. The zero-order valence-corrected chi connectivity index (χ0v) is 17.4. The molecule has 0 spiro atoms. The molecule has 2 aromatic rings. The quantitative estimate of drug-likeness (QED) is 0.496. The van der Waals surface area contributed by atoms with E-state index < -0.39 is 6.30 Å². The van der Waals surface area contributed by atoms with Gasteiger partial charge in [-0.15, -0.1) is 0 Å². The molecule has 0 aliphatic carbocycles. The standard InChI is InChI=1S/C24H27F2N3O2/c25-17-7-9-18(10-8-17)29-21-6-2-1-5-19(21)20-16-28(23(26)15-22(20)29)12-4-3-11-27-13-14-31-24(27)30/h1-2,5-10,20,22-23H,3-4,11-16H2. The van der Waals surface area contributed by atoms with Gasteiger partial charge in [-0.05, 0) is 48.7 Å². The summed E-state index contributed by atoms with van der Waals surface area (Å²) in [4.78, 5) is 17.4. The molecule has 5 nitrogen and oxygen atoms in total. The molecule has 0 radical (unpaired) electrons. The summed E-state index contributed by atoms with van der Waals surface area (Å²) in [6.45, 7) is 3.10. The second kappa shape index (κ2) is 8.46. The molecular weight excluding hydrogens is 400 g/mol. The molecule has 3 atom stereocenters. The number of nitrogens with zero attached hydrogens (tertiary/aromatic N) is 3. The lowest BCUT2D eigenvalue weighted by molar-refractivity contribution is 0.0292. The number of amides is 1. The molecule has 0 saturated carbocycles. The van der Waals surface area contributed by atoms with E-state index in [0.29, 0.717) is 39.2 Å². The van der Waals surface area contributed by atoms with Gasteiger partial charge in [0, 0.05) is 49.4 Å². The van der Waals surface area contributed by atoms with Crippen LogP contribution in [0.15, 0.2) is 48.5 Å². The highest BCUT2D eigenvalue weighted by molar-refractivity contribution is 5.73. The Morgan fingerprint density at radius 3 is 2.58 bits per heavy atom. The highest BCUT2D eigenvalue weighted by Crippen LogP contribution is 2.49. The van der Waals surface area contributed by atoms with E-state index in [1.165, 1.54) is 17.7 Å². The van der Waals surface area contributed by atoms with Crippen LogP contribution in [0.1, 0.15) is 30.7 Å². The van der Waals surface area contributed by atoms with Crippen LogP contribution in [0.2, 0.25) is 0 Å². The Morgan fingerprint density at radius 1 is 1.03 bits per heavy atom. The van der Waals surface area contributed by atoms with Crippen LogP contribution in [-0.2, 0) is 4.74 Å². The third-order valence-electron chi connectivity index (χ3n) is 6.73. The molecule has 3 aliphatic rings. The van der Waals surface area contributed by atoms with Crippen LogP contribution in [0, 0.1) is 5.82 Å². The number of piperidine rings is 1. The van der Waals surface area contributed by atoms with Gasteiger partial charge in [0.05, 0.1) is 6.54 Å². The molecule has 2 fully saturated rings. The summed E-state index contributed by atoms with van der Waals surface area (Å²) in [7, 11) is 0. The third kappa shape index (κ3) is 3.87. The summed E-state index contributed by atoms with van der Waals surface area (Å²) in [5, 5.41) is 0. The van der Waals surface area contributed by atoms with E-state index in [2.05, 4.69) is 17.0 Å². The zero-order valence-electron chi connectivity index (χ0n) is 17.4. The minimum absolute atomic E-state index is 0.0217. The van der Waals surface area contributed by atoms with Crippen LogP contribution < -0.4 is 4.90 Å². The number of cyclic esters (lactones) is 1. The Morgan fingerprint density at radius 2 is 1.81 bits per heavy atom. The minimum Gasteiger partial charge on any atom is -0.448 e. The van der Waals surface area contributed by atoms with Crippen molar-refractivity contribution in [1.29, 1.82) is 0 Å². The number of rotatable bonds is 6. The SMILES string of the molecule is O=C1OCCN1CCCCN1CC2c3ccccc3N(c3ccc(F)cc3)C2CC1F. The molecule has 31 heavy (non-hydrogen) atoms. The first-order valence-electron chi connectivity index (χ1n) is 11.1. The van der Waals surface area contributed by atoms with E-state index >= 15 is 4.39 Å². The molecule has 7 heteroatoms. The highest BCUT2D eigenvalue weighted by Gasteiger charge is 2.45. The van der Waals surface area contributed by atoms with Crippen LogP contribution in [-0.4, -0.2) is 61.0 Å². The maximum atomic E-state index is 15.2. The summed E-state index contributed by atoms with van der Waals surface area (Å²) < 4.78 is 33.6. The predicted molar refractivity (Wildman–Crippen MR) is 115 cm³/mol. The number of ether oxygens (including phenoxy) is 1. The van der Waals surface area contributed by atoms with Crippen molar-refractivity contribution < 1.29 is 18.3 Å². The Kier molecular flexibility index (Phi) is 5.52. The van der Waals surface area contributed by atoms with Crippen LogP contribution in [0.25, 0.3) is 0 Å². The average molecular weight is 427 g/mol. The molecule has 3 unspecified atom stereocenters. The summed E-state index contributed by atoms with van der Waals surface area (Å²) in [6.07, 6.45) is 0.827. The van der Waals surface area contributed by atoms with Gasteiger partial charge in [0.2, 0.25) is 0 Å². The van der Waals surface area contributed by atoms with Crippen molar-refractivity contribution in [3.05, 3.63) is 59.9 Å². The maximum absolute atomic E-state index is 15.2. The van der Waals surface area contributed by atoms with Gasteiger partial charge in [0.1, 0.15) is 12.4 Å². The fourth-order valence-electron chi connectivity index (χ4n) is 5.20. The number of carbonyl (C=O) groups excluding carboxylic acids is 1. The maximum Gasteiger partial charge on any atom is 0.409 e. The summed E-state index contributed by atoms with van der Waals surface area (Å²) in [6, 6.07) is 14.7. The second-order valence-corrected chi connectivity index (χ2v) is 8.55. The summed E-state index contributed by atoms with van der Waals surface area (Å²) in [5.74, 6) is -0.0602. The van der Waals surface area contributed by atoms with E-state index in [1.54, 1.807) is 17.0 Å². The lowest BCUT2D eigenvalue weighted by atomic mass is 9.88. The summed E-state index contributed by atoms with van der Waals surface area (Å²) >= 11 is 0. The normalized spacial score (nSPS) is 25.5. The molecule has 5 rings (SSSR count). The molecule has 0 bridgehead atoms. The molecule has 3 aliphatic heterocycles. The zero-order chi connectivity index (χ0) is 21.4. The molecule has 0 N–H and O–H groups in total. The number of hydrogen-bond donors (Lipinski definition) is 0. The van der Waals surface area contributed by atoms with E-state index in [9.17, 15) is 9.18 Å². The number of halogens is 2. The highest BCUT2D eigenvalue weighted by atomic mass is 19.1. The van der Waals surface area contributed by atoms with Crippen molar-refractivity contribution in [3.63, 3.8) is 0 Å². The van der Waals surface area contributed by atoms with Gasteiger partial charge in [-0.25, -0.2) is 13.6 Å². The number of likely N-dealkylation sites (tertiary alicyclic amines) is 1. The van der Waals surface area contributed by atoms with Crippen LogP contribution >= 0.6 is 0 Å². The summed E-state index contributed by atoms with van der Waals surface area (Å²) in [5.41, 5.74) is 3.22. The number of para-hydroxylation sites is 1. The molecule has 2 saturated heterocycles. The van der Waals surface area contributed by atoms with Gasteiger partial charge in [0.15, 0.2) is 6.30 Å². The molecule has 164 valence electrons. The second-order valence-electron chi connectivity index (χ2n) is 8.55. The number of alkyl halides is 1. The Hall–Kier alpha value is -2.67.